The fraction of sp³-hybridized carbons (Fsp3) is 0.100. The summed E-state index contributed by atoms with van der Waals surface area (Å²) < 4.78 is 5.15. The van der Waals surface area contributed by atoms with Gasteiger partial charge in [0.1, 0.15) is 10.8 Å². The largest absolute Gasteiger partial charge is 0.497 e. The fourth-order valence-electron chi connectivity index (χ4n) is 1.23. The Morgan fingerprint density at radius 2 is 2.33 bits per heavy atom. The average Bonchev–Trinajstić information content (AvgIpc) is 2.78. The molecule has 1 heterocycles. The number of methoxy groups -OCH3 is 1. The van der Waals surface area contributed by atoms with Gasteiger partial charge in [-0.1, -0.05) is 12.1 Å². The summed E-state index contributed by atoms with van der Waals surface area (Å²) in [5.41, 5.74) is 3.54. The van der Waals surface area contributed by atoms with Gasteiger partial charge in [0.05, 0.1) is 7.11 Å². The molecule has 3 N–H and O–H groups in total. The summed E-state index contributed by atoms with van der Waals surface area (Å²) in [6.45, 7) is 0. The van der Waals surface area contributed by atoms with Crippen LogP contribution in [0.5, 0.6) is 5.75 Å². The summed E-state index contributed by atoms with van der Waals surface area (Å²) in [7, 11) is 1.65. The maximum atomic E-state index is 5.27. The summed E-state index contributed by atoms with van der Waals surface area (Å²) in [6.07, 6.45) is 0. The summed E-state index contributed by atoms with van der Waals surface area (Å²) in [5.74, 6) is 6.77. The standard InChI is InChI=1S/C10H11N3OS/c1-14-8-4-2-3-7(5-8)10-12-9(13-11)6-15-10/h2-6,13H,11H2,1H3. The van der Waals surface area contributed by atoms with Crippen molar-refractivity contribution in [2.24, 2.45) is 5.84 Å². The maximum absolute atomic E-state index is 5.27. The second-order valence-electron chi connectivity index (χ2n) is 2.91. The zero-order chi connectivity index (χ0) is 10.7. The van der Waals surface area contributed by atoms with Crippen molar-refractivity contribution in [1.29, 1.82) is 0 Å². The van der Waals surface area contributed by atoms with Gasteiger partial charge in [0.25, 0.3) is 0 Å². The van der Waals surface area contributed by atoms with Crippen molar-refractivity contribution >= 4 is 17.2 Å². The van der Waals surface area contributed by atoms with Crippen molar-refractivity contribution in [1.82, 2.24) is 4.98 Å². The van der Waals surface area contributed by atoms with E-state index in [1.165, 1.54) is 11.3 Å². The molecule has 0 fully saturated rings. The van der Waals surface area contributed by atoms with E-state index in [1.807, 2.05) is 29.6 Å². The topological polar surface area (TPSA) is 60.2 Å². The van der Waals surface area contributed by atoms with Crippen LogP contribution in [0.1, 0.15) is 0 Å². The lowest BCUT2D eigenvalue weighted by Crippen LogP contribution is -2.06. The van der Waals surface area contributed by atoms with Crippen molar-refractivity contribution in [2.45, 2.75) is 0 Å². The van der Waals surface area contributed by atoms with Crippen molar-refractivity contribution < 1.29 is 4.74 Å². The quantitative estimate of drug-likeness (QED) is 0.615. The van der Waals surface area contributed by atoms with Crippen LogP contribution >= 0.6 is 11.3 Å². The van der Waals surface area contributed by atoms with Crippen LogP contribution in [0, 0.1) is 0 Å². The van der Waals surface area contributed by atoms with Crippen LogP contribution < -0.4 is 16.0 Å². The Balaban J connectivity index is 2.35. The Kier molecular flexibility index (Phi) is 2.84. The molecule has 1 aromatic carbocycles. The van der Waals surface area contributed by atoms with E-state index in [4.69, 9.17) is 10.6 Å². The summed E-state index contributed by atoms with van der Waals surface area (Å²) in [5, 5.41) is 2.79. The van der Waals surface area contributed by atoms with E-state index in [2.05, 4.69) is 10.4 Å². The van der Waals surface area contributed by atoms with Gasteiger partial charge in [0, 0.05) is 10.9 Å². The highest BCUT2D eigenvalue weighted by Crippen LogP contribution is 2.27. The predicted octanol–water partition coefficient (Wildman–Crippen LogP) is 2.10. The van der Waals surface area contributed by atoms with Gasteiger partial charge in [-0.15, -0.1) is 11.3 Å². The number of hydrogen-bond acceptors (Lipinski definition) is 5. The molecule has 15 heavy (non-hydrogen) atoms. The van der Waals surface area contributed by atoms with Gasteiger partial charge >= 0.3 is 0 Å². The molecular weight excluding hydrogens is 210 g/mol. The number of thiazole rings is 1. The minimum atomic E-state index is 0.679. The molecule has 5 heteroatoms. The highest BCUT2D eigenvalue weighted by Gasteiger charge is 2.04. The second kappa shape index (κ2) is 4.29. The van der Waals surface area contributed by atoms with Crippen LogP contribution in [0.4, 0.5) is 5.82 Å². The van der Waals surface area contributed by atoms with Crippen LogP contribution in [0.2, 0.25) is 0 Å². The molecule has 4 nitrogen and oxygen atoms in total. The van der Waals surface area contributed by atoms with Gasteiger partial charge in [-0.2, -0.15) is 0 Å². The number of ether oxygens (including phenoxy) is 1. The van der Waals surface area contributed by atoms with Gasteiger partial charge in [0.15, 0.2) is 5.82 Å². The number of rotatable bonds is 3. The number of benzene rings is 1. The monoisotopic (exact) mass is 221 g/mol. The first-order valence-electron chi connectivity index (χ1n) is 4.40. The third-order valence-corrected chi connectivity index (χ3v) is 2.86. The maximum Gasteiger partial charge on any atom is 0.151 e. The fourth-order valence-corrected chi connectivity index (χ4v) is 1.99. The summed E-state index contributed by atoms with van der Waals surface area (Å²) >= 11 is 1.54. The van der Waals surface area contributed by atoms with E-state index in [-0.39, 0.29) is 0 Å². The first-order chi connectivity index (χ1) is 7.33. The molecule has 2 rings (SSSR count). The van der Waals surface area contributed by atoms with Gasteiger partial charge in [-0.25, -0.2) is 10.8 Å². The molecule has 0 saturated heterocycles. The Morgan fingerprint density at radius 3 is 3.00 bits per heavy atom. The molecule has 0 saturated carbocycles. The molecule has 78 valence electrons. The van der Waals surface area contributed by atoms with Gasteiger partial charge in [-0.05, 0) is 12.1 Å². The first-order valence-corrected chi connectivity index (χ1v) is 5.28. The van der Waals surface area contributed by atoms with Crippen LogP contribution in [-0.2, 0) is 0 Å². The molecule has 0 aliphatic carbocycles. The van der Waals surface area contributed by atoms with Gasteiger partial charge in [0.2, 0.25) is 0 Å². The molecule has 0 unspecified atom stereocenters. The molecule has 2 aromatic rings. The molecule has 0 aliphatic rings. The molecule has 0 amide bonds. The van der Waals surface area contributed by atoms with E-state index >= 15 is 0 Å². The van der Waals surface area contributed by atoms with Crippen molar-refractivity contribution in [3.05, 3.63) is 29.6 Å². The van der Waals surface area contributed by atoms with Crippen LogP contribution in [0.15, 0.2) is 29.6 Å². The van der Waals surface area contributed by atoms with Gasteiger partial charge in [-0.3, -0.25) is 0 Å². The number of nitrogens with two attached hydrogens (primary N) is 1. The van der Waals surface area contributed by atoms with Crippen LogP contribution in [0.3, 0.4) is 0 Å². The molecule has 0 spiro atoms. The lowest BCUT2D eigenvalue weighted by Gasteiger charge is -2.00. The molecule has 0 bridgehead atoms. The average molecular weight is 221 g/mol. The zero-order valence-electron chi connectivity index (χ0n) is 8.23. The summed E-state index contributed by atoms with van der Waals surface area (Å²) in [6, 6.07) is 7.77. The lowest BCUT2D eigenvalue weighted by atomic mass is 10.2. The third-order valence-electron chi connectivity index (χ3n) is 1.97. The molecule has 0 atom stereocenters. The number of aromatic nitrogens is 1. The highest BCUT2D eigenvalue weighted by atomic mass is 32.1. The van der Waals surface area contributed by atoms with E-state index in [0.717, 1.165) is 16.3 Å². The molecular formula is C10H11N3OS. The number of hydrazine groups is 1. The second-order valence-corrected chi connectivity index (χ2v) is 3.77. The Bertz CT molecular complexity index is 455. The lowest BCUT2D eigenvalue weighted by molar-refractivity contribution is 0.415. The number of nitrogens with one attached hydrogen (secondary N) is 1. The van der Waals surface area contributed by atoms with Crippen molar-refractivity contribution in [2.75, 3.05) is 12.5 Å². The Labute approximate surface area is 91.7 Å². The SMILES string of the molecule is COc1cccc(-c2nc(NN)cs2)c1. The van der Waals surface area contributed by atoms with Gasteiger partial charge < -0.3 is 10.2 Å². The Morgan fingerprint density at radius 1 is 1.47 bits per heavy atom. The zero-order valence-corrected chi connectivity index (χ0v) is 9.04. The normalized spacial score (nSPS) is 10.0. The number of hydrogen-bond donors (Lipinski definition) is 2. The van der Waals surface area contributed by atoms with E-state index in [1.54, 1.807) is 7.11 Å². The summed E-state index contributed by atoms with van der Waals surface area (Å²) in [4.78, 5) is 4.30. The van der Waals surface area contributed by atoms with Crippen molar-refractivity contribution in [3.63, 3.8) is 0 Å². The first kappa shape index (κ1) is 9.95. The number of nitrogens with zero attached hydrogens (tertiary/aromatic N) is 1. The third kappa shape index (κ3) is 2.08. The molecule has 0 aliphatic heterocycles. The minimum Gasteiger partial charge on any atom is -0.497 e. The van der Waals surface area contributed by atoms with E-state index < -0.39 is 0 Å². The highest BCUT2D eigenvalue weighted by molar-refractivity contribution is 7.13. The molecule has 1 aromatic heterocycles. The predicted molar refractivity (Wildman–Crippen MR) is 61.9 cm³/mol. The van der Waals surface area contributed by atoms with Crippen molar-refractivity contribution in [3.8, 4) is 16.3 Å². The van der Waals surface area contributed by atoms with Crippen LogP contribution in [-0.4, -0.2) is 12.1 Å². The van der Waals surface area contributed by atoms with E-state index in [0.29, 0.717) is 5.82 Å². The molecule has 0 radical (unpaired) electrons. The Hall–Kier alpha value is -1.59. The smallest absolute Gasteiger partial charge is 0.151 e. The van der Waals surface area contributed by atoms with E-state index in [9.17, 15) is 0 Å². The number of anilines is 1. The minimum absolute atomic E-state index is 0.679. The number of nitrogen functional groups attached to an aromatic ring is 1. The van der Waals surface area contributed by atoms with Crippen LogP contribution in [0.25, 0.3) is 10.6 Å².